The highest BCUT2D eigenvalue weighted by molar-refractivity contribution is 6.04. The van der Waals surface area contributed by atoms with Crippen LogP contribution in [0.25, 0.3) is 10.9 Å². The average molecular weight is 272 g/mol. The van der Waals surface area contributed by atoms with Crippen molar-refractivity contribution >= 4 is 16.9 Å². The molecule has 1 aliphatic rings. The maximum atomic E-state index is 12.3. The number of fused-ring (bicyclic) bond motifs is 1. The van der Waals surface area contributed by atoms with Crippen molar-refractivity contribution in [2.75, 3.05) is 13.1 Å². The lowest BCUT2D eigenvalue weighted by atomic mass is 10.1. The number of ether oxygens (including phenoxy) is 1. The number of esters is 1. The molecule has 1 unspecified atom stereocenters. The van der Waals surface area contributed by atoms with Crippen molar-refractivity contribution in [3.63, 3.8) is 0 Å². The predicted octanol–water partition coefficient (Wildman–Crippen LogP) is 3.16. The lowest BCUT2D eigenvalue weighted by molar-refractivity contribution is -0.0296. The third-order valence-corrected chi connectivity index (χ3v) is 3.99. The zero-order valence-corrected chi connectivity index (χ0v) is 11.8. The predicted molar refractivity (Wildman–Crippen MR) is 78.6 cm³/mol. The average Bonchev–Trinajstić information content (AvgIpc) is 2.92. The third kappa shape index (κ3) is 2.56. The fourth-order valence-corrected chi connectivity index (χ4v) is 2.82. The summed E-state index contributed by atoms with van der Waals surface area (Å²) in [7, 11) is 0. The van der Waals surface area contributed by atoms with E-state index in [2.05, 4.69) is 9.88 Å². The first-order chi connectivity index (χ1) is 9.75. The van der Waals surface area contributed by atoms with Crippen LogP contribution in [-0.4, -0.2) is 35.2 Å². The Morgan fingerprint density at radius 2 is 2.00 bits per heavy atom. The van der Waals surface area contributed by atoms with Gasteiger partial charge in [-0.1, -0.05) is 24.6 Å². The van der Waals surface area contributed by atoms with Crippen molar-refractivity contribution in [1.29, 1.82) is 0 Å². The number of benzene rings is 1. The molecule has 0 bridgehead atoms. The summed E-state index contributed by atoms with van der Waals surface area (Å²) in [5, 5.41) is 0.920. The molecule has 0 spiro atoms. The Balaban J connectivity index is 1.72. The highest BCUT2D eigenvalue weighted by Gasteiger charge is 2.22. The van der Waals surface area contributed by atoms with Crippen LogP contribution in [0.3, 0.4) is 0 Å². The largest absolute Gasteiger partial charge is 0.443 e. The number of hydrogen-bond donors (Lipinski definition) is 1. The van der Waals surface area contributed by atoms with Gasteiger partial charge in [0.1, 0.15) is 0 Å². The summed E-state index contributed by atoms with van der Waals surface area (Å²) >= 11 is 0. The van der Waals surface area contributed by atoms with Crippen LogP contribution in [0, 0.1) is 0 Å². The number of para-hydroxylation sites is 1. The van der Waals surface area contributed by atoms with Crippen molar-refractivity contribution in [1.82, 2.24) is 9.88 Å². The SMILES string of the molecule is CC(OC(=O)c1c[nH]c2ccccc12)N1CCCCC1. The van der Waals surface area contributed by atoms with Gasteiger partial charge < -0.3 is 9.72 Å². The smallest absolute Gasteiger partial charge is 0.341 e. The van der Waals surface area contributed by atoms with Crippen molar-refractivity contribution < 1.29 is 9.53 Å². The highest BCUT2D eigenvalue weighted by atomic mass is 16.6. The van der Waals surface area contributed by atoms with Crippen LogP contribution < -0.4 is 0 Å². The lowest BCUT2D eigenvalue weighted by Gasteiger charge is -2.31. The van der Waals surface area contributed by atoms with Gasteiger partial charge in [0.15, 0.2) is 6.23 Å². The van der Waals surface area contributed by atoms with Crippen LogP contribution in [-0.2, 0) is 4.74 Å². The number of likely N-dealkylation sites (tertiary alicyclic amines) is 1. The van der Waals surface area contributed by atoms with Crippen molar-refractivity contribution in [2.24, 2.45) is 0 Å². The number of hydrogen-bond acceptors (Lipinski definition) is 3. The number of piperidine rings is 1. The molecule has 1 atom stereocenters. The van der Waals surface area contributed by atoms with Gasteiger partial charge >= 0.3 is 5.97 Å². The number of H-pyrrole nitrogens is 1. The molecule has 1 saturated heterocycles. The molecular weight excluding hydrogens is 252 g/mol. The van der Waals surface area contributed by atoms with E-state index in [4.69, 9.17) is 4.74 Å². The van der Waals surface area contributed by atoms with E-state index in [1.54, 1.807) is 6.20 Å². The van der Waals surface area contributed by atoms with E-state index >= 15 is 0 Å². The quantitative estimate of drug-likeness (QED) is 0.873. The van der Waals surface area contributed by atoms with Crippen LogP contribution >= 0.6 is 0 Å². The minimum atomic E-state index is -0.250. The van der Waals surface area contributed by atoms with Crippen molar-refractivity contribution in [2.45, 2.75) is 32.4 Å². The number of nitrogens with zero attached hydrogens (tertiary/aromatic N) is 1. The van der Waals surface area contributed by atoms with Crippen LogP contribution in [0.4, 0.5) is 0 Å². The van der Waals surface area contributed by atoms with E-state index in [1.807, 2.05) is 31.2 Å². The number of aromatic nitrogens is 1. The second kappa shape index (κ2) is 5.67. The molecule has 0 aliphatic carbocycles. The molecule has 2 heterocycles. The van der Waals surface area contributed by atoms with Crippen molar-refractivity contribution in [3.05, 3.63) is 36.0 Å². The molecule has 1 aliphatic heterocycles. The summed E-state index contributed by atoms with van der Waals surface area (Å²) in [6.45, 7) is 3.99. The fraction of sp³-hybridized carbons (Fsp3) is 0.438. The highest BCUT2D eigenvalue weighted by Crippen LogP contribution is 2.20. The normalized spacial score (nSPS) is 18.1. The van der Waals surface area contributed by atoms with Gasteiger partial charge in [0.25, 0.3) is 0 Å². The second-order valence-electron chi connectivity index (χ2n) is 5.35. The summed E-state index contributed by atoms with van der Waals surface area (Å²) < 4.78 is 5.61. The first-order valence-electron chi connectivity index (χ1n) is 7.27. The second-order valence-corrected chi connectivity index (χ2v) is 5.35. The maximum absolute atomic E-state index is 12.3. The molecule has 4 nitrogen and oxygen atoms in total. The molecule has 1 N–H and O–H groups in total. The number of carbonyl (C=O) groups excluding carboxylic acids is 1. The molecule has 3 rings (SSSR count). The Hall–Kier alpha value is -1.81. The third-order valence-electron chi connectivity index (χ3n) is 3.99. The molecule has 1 aromatic carbocycles. The van der Waals surface area contributed by atoms with Gasteiger partial charge in [-0.05, 0) is 25.8 Å². The Labute approximate surface area is 118 Å². The van der Waals surface area contributed by atoms with Gasteiger partial charge in [0.05, 0.1) is 5.56 Å². The standard InChI is InChI=1S/C16H20N2O2/c1-12(18-9-5-2-6-10-18)20-16(19)14-11-17-15-8-4-3-7-13(14)15/h3-4,7-8,11-12,17H,2,5-6,9-10H2,1H3. The van der Waals surface area contributed by atoms with Crippen LogP contribution in [0.15, 0.2) is 30.5 Å². The zero-order valence-electron chi connectivity index (χ0n) is 11.8. The summed E-state index contributed by atoms with van der Waals surface area (Å²) in [4.78, 5) is 17.6. The summed E-state index contributed by atoms with van der Waals surface area (Å²) in [6.07, 6.45) is 5.23. The van der Waals surface area contributed by atoms with Crippen LogP contribution in [0.2, 0.25) is 0 Å². The van der Waals surface area contributed by atoms with E-state index in [0.29, 0.717) is 5.56 Å². The molecule has 0 amide bonds. The number of carbonyl (C=O) groups is 1. The molecule has 1 aromatic heterocycles. The first-order valence-corrected chi connectivity index (χ1v) is 7.27. The monoisotopic (exact) mass is 272 g/mol. The number of rotatable bonds is 3. The van der Waals surface area contributed by atoms with E-state index in [0.717, 1.165) is 24.0 Å². The summed E-state index contributed by atoms with van der Waals surface area (Å²) in [6, 6.07) is 7.78. The topological polar surface area (TPSA) is 45.3 Å². The van der Waals surface area contributed by atoms with Gasteiger partial charge in [-0.25, -0.2) is 4.79 Å². The fourth-order valence-electron chi connectivity index (χ4n) is 2.82. The molecule has 0 radical (unpaired) electrons. The van der Waals surface area contributed by atoms with Gasteiger partial charge in [0, 0.05) is 30.2 Å². The van der Waals surface area contributed by atoms with E-state index < -0.39 is 0 Å². The van der Waals surface area contributed by atoms with Gasteiger partial charge in [-0.2, -0.15) is 0 Å². The minimum absolute atomic E-state index is 0.156. The molecule has 1 fully saturated rings. The molecular formula is C16H20N2O2. The van der Waals surface area contributed by atoms with Crippen LogP contribution in [0.1, 0.15) is 36.5 Å². The number of aromatic amines is 1. The Morgan fingerprint density at radius 1 is 1.25 bits per heavy atom. The zero-order chi connectivity index (χ0) is 13.9. The molecule has 106 valence electrons. The van der Waals surface area contributed by atoms with Gasteiger partial charge in [0.2, 0.25) is 0 Å². The van der Waals surface area contributed by atoms with Gasteiger partial charge in [-0.3, -0.25) is 4.90 Å². The molecule has 4 heteroatoms. The summed E-state index contributed by atoms with van der Waals surface area (Å²) in [5.41, 5.74) is 1.58. The lowest BCUT2D eigenvalue weighted by Crippen LogP contribution is -2.40. The van der Waals surface area contributed by atoms with E-state index in [1.165, 1.54) is 19.3 Å². The van der Waals surface area contributed by atoms with E-state index in [9.17, 15) is 4.79 Å². The molecule has 2 aromatic rings. The van der Waals surface area contributed by atoms with E-state index in [-0.39, 0.29) is 12.2 Å². The van der Waals surface area contributed by atoms with Crippen LogP contribution in [0.5, 0.6) is 0 Å². The molecule has 20 heavy (non-hydrogen) atoms. The van der Waals surface area contributed by atoms with Crippen molar-refractivity contribution in [3.8, 4) is 0 Å². The minimum Gasteiger partial charge on any atom is -0.443 e. The molecule has 0 saturated carbocycles. The Bertz CT molecular complexity index is 599. The summed E-state index contributed by atoms with van der Waals surface area (Å²) in [5.74, 6) is -0.250. The van der Waals surface area contributed by atoms with Gasteiger partial charge in [-0.15, -0.1) is 0 Å². The number of nitrogens with one attached hydrogen (secondary N) is 1. The first kappa shape index (κ1) is 13.2. The Kier molecular flexibility index (Phi) is 3.74. The Morgan fingerprint density at radius 3 is 2.80 bits per heavy atom. The maximum Gasteiger partial charge on any atom is 0.341 e.